The molecule has 0 atom stereocenters. The van der Waals surface area contributed by atoms with E-state index in [1.165, 1.54) is 32.7 Å². The Hall–Kier alpha value is -3.53. The number of nitrogens with zero attached hydrogens (tertiary/aromatic N) is 2. The van der Waals surface area contributed by atoms with Gasteiger partial charge in [-0.3, -0.25) is 9.59 Å². The molecule has 10 heteroatoms. The summed E-state index contributed by atoms with van der Waals surface area (Å²) in [4.78, 5) is 29.6. The first-order valence-corrected chi connectivity index (χ1v) is 10.2. The lowest BCUT2D eigenvalue weighted by Gasteiger charge is -2.18. The van der Waals surface area contributed by atoms with Crippen molar-refractivity contribution >= 4 is 33.4 Å². The summed E-state index contributed by atoms with van der Waals surface area (Å²) in [6, 6.07) is 8.42. The molecule has 9 nitrogen and oxygen atoms in total. The number of benzene rings is 2. The highest BCUT2D eigenvalue weighted by molar-refractivity contribution is 7.16. The van der Waals surface area contributed by atoms with Gasteiger partial charge in [0.2, 0.25) is 0 Å². The van der Waals surface area contributed by atoms with Crippen molar-refractivity contribution < 1.29 is 33.3 Å². The second-order valence-corrected chi connectivity index (χ2v) is 7.54. The maximum absolute atomic E-state index is 12.9. The van der Waals surface area contributed by atoms with E-state index >= 15 is 0 Å². The van der Waals surface area contributed by atoms with E-state index in [0.29, 0.717) is 52.1 Å². The molecule has 0 aliphatic carbocycles. The monoisotopic (exact) mass is 444 g/mol. The smallest absolute Gasteiger partial charge is 0.325 e. The Balaban J connectivity index is 1.85. The number of aromatic nitrogens is 1. The fourth-order valence-electron chi connectivity index (χ4n) is 3.12. The van der Waals surface area contributed by atoms with E-state index in [-0.39, 0.29) is 6.54 Å². The summed E-state index contributed by atoms with van der Waals surface area (Å²) >= 11 is 1.26. The van der Waals surface area contributed by atoms with Crippen LogP contribution in [-0.2, 0) is 16.1 Å². The number of carbonyl (C=O) groups excluding carboxylic acids is 2. The van der Waals surface area contributed by atoms with E-state index in [9.17, 15) is 9.59 Å². The number of thiazole rings is 1. The molecule has 0 bridgehead atoms. The van der Waals surface area contributed by atoms with E-state index in [1.54, 1.807) is 28.8 Å². The summed E-state index contributed by atoms with van der Waals surface area (Å²) in [6.45, 7) is 0.788. The zero-order valence-electron chi connectivity index (χ0n) is 17.2. The van der Waals surface area contributed by atoms with Gasteiger partial charge in [-0.25, -0.2) is 0 Å². The lowest BCUT2D eigenvalue weighted by Crippen LogP contribution is -2.22. The largest absolute Gasteiger partial charge is 0.497 e. The number of ether oxygens (including phenoxy) is 5. The number of hydrogen-bond acceptors (Lipinski definition) is 8. The van der Waals surface area contributed by atoms with Crippen molar-refractivity contribution in [1.29, 1.82) is 0 Å². The third kappa shape index (κ3) is 4.19. The summed E-state index contributed by atoms with van der Waals surface area (Å²) < 4.78 is 29.0. The highest BCUT2D eigenvalue weighted by atomic mass is 32.1. The minimum Gasteiger partial charge on any atom is -0.497 e. The van der Waals surface area contributed by atoms with Crippen molar-refractivity contribution in [1.82, 2.24) is 4.57 Å². The van der Waals surface area contributed by atoms with Gasteiger partial charge in [0.05, 0.1) is 31.5 Å². The molecular weight excluding hydrogens is 424 g/mol. The Labute approximate surface area is 181 Å². The molecule has 162 valence electrons. The van der Waals surface area contributed by atoms with E-state index in [4.69, 9.17) is 23.7 Å². The summed E-state index contributed by atoms with van der Waals surface area (Å²) in [5.41, 5.74) is 0.985. The highest BCUT2D eigenvalue weighted by Crippen LogP contribution is 2.35. The number of hydrogen-bond donors (Lipinski definition) is 0. The lowest BCUT2D eigenvalue weighted by atomic mass is 10.2. The van der Waals surface area contributed by atoms with Gasteiger partial charge in [0.25, 0.3) is 5.91 Å². The Morgan fingerprint density at radius 3 is 2.26 bits per heavy atom. The van der Waals surface area contributed by atoms with Crippen LogP contribution in [0.2, 0.25) is 0 Å². The van der Waals surface area contributed by atoms with Crippen LogP contribution in [0.1, 0.15) is 10.4 Å². The van der Waals surface area contributed by atoms with Crippen molar-refractivity contribution in [3.8, 4) is 23.0 Å². The summed E-state index contributed by atoms with van der Waals surface area (Å²) in [5.74, 6) is 1.16. The van der Waals surface area contributed by atoms with Gasteiger partial charge in [-0.1, -0.05) is 11.3 Å². The van der Waals surface area contributed by atoms with Gasteiger partial charge in [0.1, 0.15) is 31.3 Å². The molecule has 2 heterocycles. The number of methoxy groups -OCH3 is 3. The van der Waals surface area contributed by atoms with Crippen molar-refractivity contribution in [2.45, 2.75) is 6.54 Å². The van der Waals surface area contributed by atoms with Crippen LogP contribution in [0, 0.1) is 0 Å². The molecule has 1 aliphatic heterocycles. The summed E-state index contributed by atoms with van der Waals surface area (Å²) in [6.07, 6.45) is 0. The summed E-state index contributed by atoms with van der Waals surface area (Å²) in [7, 11) is 4.31. The van der Waals surface area contributed by atoms with Crippen LogP contribution < -0.4 is 23.7 Å². The molecule has 0 unspecified atom stereocenters. The van der Waals surface area contributed by atoms with Crippen LogP contribution in [0.5, 0.6) is 23.0 Å². The predicted octanol–water partition coefficient (Wildman–Crippen LogP) is 2.41. The van der Waals surface area contributed by atoms with Gasteiger partial charge in [0, 0.05) is 23.8 Å². The molecule has 4 rings (SSSR count). The molecule has 2 aromatic carbocycles. The van der Waals surface area contributed by atoms with Crippen molar-refractivity contribution in [2.75, 3.05) is 34.5 Å². The number of esters is 1. The van der Waals surface area contributed by atoms with E-state index in [2.05, 4.69) is 4.99 Å². The van der Waals surface area contributed by atoms with Crippen LogP contribution in [0.3, 0.4) is 0 Å². The molecule has 3 aromatic rings. The second kappa shape index (κ2) is 8.68. The maximum atomic E-state index is 12.9. The maximum Gasteiger partial charge on any atom is 0.325 e. The van der Waals surface area contributed by atoms with Gasteiger partial charge < -0.3 is 28.3 Å². The van der Waals surface area contributed by atoms with Gasteiger partial charge >= 0.3 is 5.97 Å². The quantitative estimate of drug-likeness (QED) is 0.558. The molecule has 0 spiro atoms. The molecule has 1 aliphatic rings. The van der Waals surface area contributed by atoms with E-state index in [0.717, 1.165) is 4.70 Å². The third-order valence-corrected chi connectivity index (χ3v) is 5.70. The van der Waals surface area contributed by atoms with Crippen LogP contribution in [-0.4, -0.2) is 51.0 Å². The van der Waals surface area contributed by atoms with Gasteiger partial charge in [-0.15, -0.1) is 0 Å². The van der Waals surface area contributed by atoms with Crippen LogP contribution in [0.4, 0.5) is 0 Å². The van der Waals surface area contributed by atoms with Gasteiger partial charge in [0.15, 0.2) is 16.3 Å². The van der Waals surface area contributed by atoms with Crippen molar-refractivity contribution in [2.24, 2.45) is 4.99 Å². The third-order valence-electron chi connectivity index (χ3n) is 4.66. The Morgan fingerprint density at radius 2 is 1.65 bits per heavy atom. The first-order valence-electron chi connectivity index (χ1n) is 9.34. The van der Waals surface area contributed by atoms with Gasteiger partial charge in [-0.05, 0) is 12.1 Å². The van der Waals surface area contributed by atoms with Crippen molar-refractivity contribution in [3.63, 3.8) is 0 Å². The zero-order valence-corrected chi connectivity index (χ0v) is 18.0. The summed E-state index contributed by atoms with van der Waals surface area (Å²) in [5, 5.41) is 0. The molecule has 0 N–H and O–H groups in total. The first-order chi connectivity index (χ1) is 15.0. The van der Waals surface area contributed by atoms with Crippen LogP contribution in [0.15, 0.2) is 35.3 Å². The molecule has 0 saturated carbocycles. The Bertz CT molecular complexity index is 1210. The second-order valence-electron chi connectivity index (χ2n) is 6.53. The fourth-order valence-corrected chi connectivity index (χ4v) is 4.16. The Morgan fingerprint density at radius 1 is 1.00 bits per heavy atom. The Kier molecular flexibility index (Phi) is 5.81. The molecule has 0 radical (unpaired) electrons. The SMILES string of the molecule is COC(=O)Cn1c(=NC(=O)c2cc(OC)cc(OC)c2)sc2cc3c(cc21)OCCO3. The van der Waals surface area contributed by atoms with Crippen LogP contribution in [0.25, 0.3) is 10.2 Å². The standard InChI is InChI=1S/C21H20N2O7S/c1-26-13-6-12(7-14(8-13)27-2)20(25)22-21-23(11-19(24)28-3)15-9-16-17(10-18(15)31-21)30-5-4-29-16/h6-10H,4-5,11H2,1-3H3. The number of rotatable bonds is 5. The fraction of sp³-hybridized carbons (Fsp3) is 0.286. The molecular formula is C21H20N2O7S. The number of amides is 1. The average molecular weight is 444 g/mol. The average Bonchev–Trinajstić information content (AvgIpc) is 3.12. The normalized spacial score (nSPS) is 13.2. The highest BCUT2D eigenvalue weighted by Gasteiger charge is 2.19. The zero-order chi connectivity index (χ0) is 22.0. The minimum atomic E-state index is -0.500. The molecule has 1 aromatic heterocycles. The number of fused-ring (bicyclic) bond motifs is 2. The van der Waals surface area contributed by atoms with E-state index < -0.39 is 11.9 Å². The minimum absolute atomic E-state index is 0.107. The predicted molar refractivity (Wildman–Crippen MR) is 112 cm³/mol. The number of carbonyl (C=O) groups is 2. The molecule has 0 fully saturated rings. The van der Waals surface area contributed by atoms with Crippen LogP contribution >= 0.6 is 11.3 Å². The lowest BCUT2D eigenvalue weighted by molar-refractivity contribution is -0.141. The van der Waals surface area contributed by atoms with Crippen molar-refractivity contribution in [3.05, 3.63) is 40.7 Å². The van der Waals surface area contributed by atoms with Gasteiger partial charge in [-0.2, -0.15) is 4.99 Å². The molecule has 1 amide bonds. The van der Waals surface area contributed by atoms with E-state index in [1.807, 2.05) is 6.07 Å². The molecule has 0 saturated heterocycles. The molecule has 31 heavy (non-hydrogen) atoms. The topological polar surface area (TPSA) is 97.6 Å². The first kappa shape index (κ1) is 20.7.